The summed E-state index contributed by atoms with van der Waals surface area (Å²) in [6.45, 7) is 2.42. The van der Waals surface area contributed by atoms with Crippen molar-refractivity contribution in [3.8, 4) is 0 Å². The summed E-state index contributed by atoms with van der Waals surface area (Å²) in [7, 11) is 0. The number of carbonyl (C=O) groups excluding carboxylic acids is 3. The maximum absolute atomic E-state index is 13.5. The zero-order valence-electron chi connectivity index (χ0n) is 16.4. The minimum Gasteiger partial charge on any atom is -0.366 e. The number of hydrogen-bond donors (Lipinski definition) is 2. The van der Waals surface area contributed by atoms with Gasteiger partial charge in [-0.3, -0.25) is 19.4 Å². The smallest absolute Gasteiger partial charge is 0.313 e. The molecule has 158 valence electrons. The first-order valence-corrected chi connectivity index (χ1v) is 9.91. The van der Waals surface area contributed by atoms with Crippen LogP contribution < -0.4 is 11.1 Å². The molecule has 2 fully saturated rings. The zero-order chi connectivity index (χ0) is 21.2. The number of hydrogen-bond acceptors (Lipinski definition) is 4. The minimum atomic E-state index is -2.64. The molecule has 3 N–H and O–H groups in total. The van der Waals surface area contributed by atoms with Crippen molar-refractivity contribution in [2.75, 3.05) is 11.9 Å². The van der Waals surface area contributed by atoms with Gasteiger partial charge in [-0.15, -0.1) is 0 Å². The molecule has 1 saturated carbocycles. The van der Waals surface area contributed by atoms with E-state index in [1.165, 1.54) is 18.5 Å². The Bertz CT molecular complexity index is 792. The first kappa shape index (κ1) is 21.1. The van der Waals surface area contributed by atoms with E-state index < -0.39 is 23.6 Å². The minimum absolute atomic E-state index is 0.0290. The van der Waals surface area contributed by atoms with E-state index >= 15 is 0 Å². The summed E-state index contributed by atoms with van der Waals surface area (Å²) in [5.74, 6) is -4.66. The second-order valence-electron chi connectivity index (χ2n) is 8.18. The predicted molar refractivity (Wildman–Crippen MR) is 102 cm³/mol. The lowest BCUT2D eigenvalue weighted by Crippen LogP contribution is -2.53. The average molecular weight is 408 g/mol. The van der Waals surface area contributed by atoms with Crippen molar-refractivity contribution < 1.29 is 23.2 Å². The van der Waals surface area contributed by atoms with Gasteiger partial charge in [-0.1, -0.05) is 6.92 Å². The van der Waals surface area contributed by atoms with Crippen LogP contribution in [0.1, 0.15) is 55.8 Å². The van der Waals surface area contributed by atoms with Crippen molar-refractivity contribution in [1.82, 2.24) is 9.88 Å². The fourth-order valence-corrected chi connectivity index (χ4v) is 4.30. The van der Waals surface area contributed by atoms with Gasteiger partial charge in [0.05, 0.1) is 17.4 Å². The van der Waals surface area contributed by atoms with Gasteiger partial charge in [-0.05, 0) is 43.6 Å². The van der Waals surface area contributed by atoms with E-state index in [4.69, 9.17) is 5.73 Å². The molecule has 3 amide bonds. The maximum Gasteiger partial charge on any atom is 0.313 e. The van der Waals surface area contributed by atoms with Gasteiger partial charge in [0.1, 0.15) is 0 Å². The normalized spacial score (nSPS) is 24.7. The van der Waals surface area contributed by atoms with Gasteiger partial charge in [0.25, 0.3) is 0 Å². The van der Waals surface area contributed by atoms with Crippen molar-refractivity contribution in [3.05, 3.63) is 24.0 Å². The monoisotopic (exact) mass is 408 g/mol. The summed E-state index contributed by atoms with van der Waals surface area (Å²) in [6.07, 6.45) is 4.53. The highest BCUT2D eigenvalue weighted by atomic mass is 19.3. The molecule has 2 aliphatic rings. The van der Waals surface area contributed by atoms with E-state index in [0.717, 1.165) is 6.42 Å². The van der Waals surface area contributed by atoms with E-state index in [9.17, 15) is 23.2 Å². The van der Waals surface area contributed by atoms with Crippen LogP contribution in [0.2, 0.25) is 0 Å². The molecule has 29 heavy (non-hydrogen) atoms. The number of halogens is 2. The van der Waals surface area contributed by atoms with Gasteiger partial charge < -0.3 is 16.0 Å². The Kier molecular flexibility index (Phi) is 6.14. The summed E-state index contributed by atoms with van der Waals surface area (Å²) in [5, 5.41) is 2.47. The van der Waals surface area contributed by atoms with Crippen molar-refractivity contribution in [2.45, 2.75) is 57.4 Å². The molecule has 1 aliphatic heterocycles. The highest BCUT2D eigenvalue weighted by molar-refractivity contribution is 6.39. The number of anilines is 1. The molecule has 1 saturated heterocycles. The molecule has 1 aliphatic carbocycles. The van der Waals surface area contributed by atoms with Gasteiger partial charge in [-0.2, -0.15) is 0 Å². The highest BCUT2D eigenvalue weighted by Crippen LogP contribution is 2.41. The molecule has 1 aromatic heterocycles. The Labute approximate surface area is 168 Å². The summed E-state index contributed by atoms with van der Waals surface area (Å²) < 4.78 is 27.1. The van der Waals surface area contributed by atoms with Crippen LogP contribution in [0.4, 0.5) is 14.5 Å². The van der Waals surface area contributed by atoms with Gasteiger partial charge >= 0.3 is 11.8 Å². The lowest BCUT2D eigenvalue weighted by molar-refractivity contribution is -0.148. The van der Waals surface area contributed by atoms with Crippen LogP contribution in [0.15, 0.2) is 18.5 Å². The lowest BCUT2D eigenvalue weighted by Gasteiger charge is -2.44. The number of alkyl halides is 2. The molecule has 9 heteroatoms. The number of piperidine rings is 1. The number of pyridine rings is 1. The molecular formula is C20H26F2N4O3. The van der Waals surface area contributed by atoms with Crippen molar-refractivity contribution in [2.24, 2.45) is 17.6 Å². The van der Waals surface area contributed by atoms with Crippen LogP contribution in [0.3, 0.4) is 0 Å². The zero-order valence-corrected chi connectivity index (χ0v) is 16.4. The van der Waals surface area contributed by atoms with Gasteiger partial charge in [0.2, 0.25) is 11.8 Å². The molecule has 2 heterocycles. The van der Waals surface area contributed by atoms with Crippen LogP contribution in [0.25, 0.3) is 0 Å². The Morgan fingerprint density at radius 2 is 1.86 bits per heavy atom. The largest absolute Gasteiger partial charge is 0.366 e. The fraction of sp³-hybridized carbons (Fsp3) is 0.600. The number of carbonyl (C=O) groups is 3. The Balaban J connectivity index is 1.71. The SMILES string of the molecule is C[C@H]1CC[C@H](C2CCC(F)(F)CC2)N(C(=O)C(=O)Nc2cncc(C(N)=O)c2)C1. The molecule has 0 unspecified atom stereocenters. The molecule has 2 atom stereocenters. The molecule has 7 nitrogen and oxygen atoms in total. The van der Waals surface area contributed by atoms with E-state index in [1.807, 2.05) is 6.92 Å². The lowest BCUT2D eigenvalue weighted by atomic mass is 9.77. The number of primary amides is 1. The predicted octanol–water partition coefficient (Wildman–Crippen LogP) is 2.57. The van der Waals surface area contributed by atoms with Crippen molar-refractivity contribution >= 4 is 23.4 Å². The molecule has 0 bridgehead atoms. The first-order valence-electron chi connectivity index (χ1n) is 9.91. The standard InChI is InChI=1S/C20H26F2N4O3/c1-12-2-3-16(13-4-6-20(21,22)7-5-13)26(11-12)19(29)18(28)25-15-8-14(17(23)27)9-24-10-15/h8-10,12-13,16H,2-7,11H2,1H3,(H2,23,27)(H,25,28)/t12-,16+/m0/s1. The number of aromatic nitrogens is 1. The Hall–Kier alpha value is -2.58. The average Bonchev–Trinajstić information content (AvgIpc) is 2.68. The molecule has 0 spiro atoms. The molecule has 0 radical (unpaired) electrons. The first-order chi connectivity index (χ1) is 13.7. The fourth-order valence-electron chi connectivity index (χ4n) is 4.30. The third-order valence-corrected chi connectivity index (χ3v) is 5.91. The number of likely N-dealkylation sites (tertiary alicyclic amines) is 1. The quantitative estimate of drug-likeness (QED) is 0.750. The van der Waals surface area contributed by atoms with E-state index in [2.05, 4.69) is 10.3 Å². The number of nitrogens with zero attached hydrogens (tertiary/aromatic N) is 2. The van der Waals surface area contributed by atoms with Crippen LogP contribution in [-0.2, 0) is 9.59 Å². The Morgan fingerprint density at radius 3 is 2.52 bits per heavy atom. The maximum atomic E-state index is 13.5. The number of nitrogens with two attached hydrogens (primary N) is 1. The molecular weight excluding hydrogens is 382 g/mol. The molecule has 0 aromatic carbocycles. The summed E-state index contributed by atoms with van der Waals surface area (Å²) in [4.78, 5) is 42.1. The van der Waals surface area contributed by atoms with Crippen LogP contribution in [0, 0.1) is 11.8 Å². The Morgan fingerprint density at radius 1 is 1.17 bits per heavy atom. The van der Waals surface area contributed by atoms with Gasteiger partial charge in [-0.25, -0.2) is 8.78 Å². The summed E-state index contributed by atoms with van der Waals surface area (Å²) >= 11 is 0. The topological polar surface area (TPSA) is 105 Å². The highest BCUT2D eigenvalue weighted by Gasteiger charge is 2.42. The molecule has 1 aromatic rings. The van der Waals surface area contributed by atoms with Gasteiger partial charge in [0.15, 0.2) is 0 Å². The van der Waals surface area contributed by atoms with Gasteiger partial charge in [0, 0.05) is 31.6 Å². The second kappa shape index (κ2) is 8.42. The van der Waals surface area contributed by atoms with E-state index in [-0.39, 0.29) is 42.0 Å². The van der Waals surface area contributed by atoms with Crippen LogP contribution in [-0.4, -0.2) is 46.1 Å². The van der Waals surface area contributed by atoms with Crippen molar-refractivity contribution in [3.63, 3.8) is 0 Å². The number of nitrogens with one attached hydrogen (secondary N) is 1. The third-order valence-electron chi connectivity index (χ3n) is 5.91. The third kappa shape index (κ3) is 5.07. The number of rotatable bonds is 3. The number of amides is 3. The summed E-state index contributed by atoms with van der Waals surface area (Å²) in [5.41, 5.74) is 5.51. The second-order valence-corrected chi connectivity index (χ2v) is 8.18. The van der Waals surface area contributed by atoms with E-state index in [1.54, 1.807) is 4.90 Å². The molecule has 3 rings (SSSR count). The van der Waals surface area contributed by atoms with E-state index in [0.29, 0.717) is 25.8 Å². The van der Waals surface area contributed by atoms with Crippen LogP contribution >= 0.6 is 0 Å². The summed E-state index contributed by atoms with van der Waals surface area (Å²) in [6, 6.07) is 1.13. The van der Waals surface area contributed by atoms with Crippen molar-refractivity contribution in [1.29, 1.82) is 0 Å². The van der Waals surface area contributed by atoms with Crippen LogP contribution in [0.5, 0.6) is 0 Å².